The Morgan fingerprint density at radius 3 is 2.52 bits per heavy atom. The normalized spacial score (nSPS) is 26.6. The Bertz CT molecular complexity index is 644. The van der Waals surface area contributed by atoms with Gasteiger partial charge in [0, 0.05) is 13.1 Å². The number of thioether (sulfide) groups is 1. The molecule has 1 amide bonds. The van der Waals surface area contributed by atoms with Crippen LogP contribution >= 0.6 is 11.8 Å². The molecule has 1 saturated heterocycles. The second-order valence-corrected chi connectivity index (χ2v) is 6.75. The Kier molecular flexibility index (Phi) is 4.73. The fraction of sp³-hybridized carbons (Fsp3) is 0.412. The van der Waals surface area contributed by atoms with Crippen molar-refractivity contribution in [3.63, 3.8) is 0 Å². The average molecular weight is 332 g/mol. The summed E-state index contributed by atoms with van der Waals surface area (Å²) >= 11 is 1.43. The van der Waals surface area contributed by atoms with Crippen molar-refractivity contribution in [3.05, 3.63) is 34.7 Å². The summed E-state index contributed by atoms with van der Waals surface area (Å²) < 4.78 is 10.9. The maximum Gasteiger partial charge on any atom is 0.286 e. The van der Waals surface area contributed by atoms with Crippen LogP contribution in [-0.2, 0) is 9.53 Å². The second-order valence-electron chi connectivity index (χ2n) is 5.75. The minimum Gasteiger partial charge on any atom is -0.497 e. The van der Waals surface area contributed by atoms with Crippen LogP contribution < -0.4 is 4.74 Å². The van der Waals surface area contributed by atoms with Crippen LogP contribution in [-0.4, -0.2) is 48.4 Å². The van der Waals surface area contributed by atoms with Gasteiger partial charge in [0.15, 0.2) is 5.17 Å². The summed E-state index contributed by atoms with van der Waals surface area (Å²) in [6, 6.07) is 7.61. The van der Waals surface area contributed by atoms with Gasteiger partial charge in [0.25, 0.3) is 5.91 Å². The molecule has 0 saturated carbocycles. The molecular formula is C17H20N2O3S. The van der Waals surface area contributed by atoms with Gasteiger partial charge >= 0.3 is 0 Å². The first-order valence-electron chi connectivity index (χ1n) is 7.62. The molecule has 0 spiro atoms. The highest BCUT2D eigenvalue weighted by Crippen LogP contribution is 2.31. The van der Waals surface area contributed by atoms with Crippen molar-refractivity contribution in [1.82, 2.24) is 4.90 Å². The van der Waals surface area contributed by atoms with E-state index in [1.807, 2.05) is 44.2 Å². The van der Waals surface area contributed by atoms with Crippen LogP contribution in [0.5, 0.6) is 5.75 Å². The smallest absolute Gasteiger partial charge is 0.286 e. The largest absolute Gasteiger partial charge is 0.497 e. The summed E-state index contributed by atoms with van der Waals surface area (Å²) in [5, 5.41) is 0.775. The molecule has 1 aromatic rings. The van der Waals surface area contributed by atoms with E-state index in [4.69, 9.17) is 9.47 Å². The first-order valence-corrected chi connectivity index (χ1v) is 8.44. The molecule has 0 N–H and O–H groups in total. The van der Waals surface area contributed by atoms with E-state index < -0.39 is 0 Å². The van der Waals surface area contributed by atoms with Gasteiger partial charge in [-0.2, -0.15) is 4.99 Å². The minimum absolute atomic E-state index is 0.145. The molecule has 6 heteroatoms. The molecule has 0 aromatic heterocycles. The number of carbonyl (C=O) groups is 1. The molecule has 2 aliphatic heterocycles. The predicted octanol–water partition coefficient (Wildman–Crippen LogP) is 2.77. The highest BCUT2D eigenvalue weighted by atomic mass is 32.2. The second kappa shape index (κ2) is 6.76. The number of aliphatic imine (C=N–C) groups is 1. The van der Waals surface area contributed by atoms with E-state index >= 15 is 0 Å². The zero-order chi connectivity index (χ0) is 16.4. The maximum atomic E-state index is 12.2. The number of nitrogens with zero attached hydrogens (tertiary/aromatic N) is 2. The highest BCUT2D eigenvalue weighted by molar-refractivity contribution is 8.18. The molecule has 2 heterocycles. The fourth-order valence-corrected chi connectivity index (χ4v) is 3.65. The third-order valence-corrected chi connectivity index (χ3v) is 4.76. The lowest BCUT2D eigenvalue weighted by atomic mass is 10.2. The number of rotatable bonds is 2. The summed E-state index contributed by atoms with van der Waals surface area (Å²) in [5.41, 5.74) is 0.960. The standard InChI is InChI=1S/C17H20N2O3S/c1-11-9-19(10-12(2)22-11)17-18-16(20)15(23-17)8-13-4-6-14(21-3)7-5-13/h4-8,11-12H,9-10H2,1-3H3/b15-8-. The summed E-state index contributed by atoms with van der Waals surface area (Å²) in [7, 11) is 1.63. The van der Waals surface area contributed by atoms with Gasteiger partial charge in [-0.15, -0.1) is 0 Å². The Morgan fingerprint density at radius 1 is 1.26 bits per heavy atom. The van der Waals surface area contributed by atoms with E-state index in [-0.39, 0.29) is 18.1 Å². The zero-order valence-electron chi connectivity index (χ0n) is 13.5. The van der Waals surface area contributed by atoms with Gasteiger partial charge in [0.1, 0.15) is 5.75 Å². The Labute approximate surface area is 140 Å². The third kappa shape index (κ3) is 3.76. The number of amidine groups is 1. The van der Waals surface area contributed by atoms with Crippen LogP contribution in [0.3, 0.4) is 0 Å². The molecule has 2 aliphatic rings. The van der Waals surface area contributed by atoms with Gasteiger partial charge in [-0.3, -0.25) is 4.79 Å². The van der Waals surface area contributed by atoms with Crippen LogP contribution in [0.4, 0.5) is 0 Å². The van der Waals surface area contributed by atoms with Gasteiger partial charge in [-0.1, -0.05) is 12.1 Å². The molecule has 2 unspecified atom stereocenters. The van der Waals surface area contributed by atoms with Crippen molar-refractivity contribution < 1.29 is 14.3 Å². The van der Waals surface area contributed by atoms with Gasteiger partial charge in [-0.25, -0.2) is 0 Å². The molecule has 122 valence electrons. The molecule has 23 heavy (non-hydrogen) atoms. The Morgan fingerprint density at radius 2 is 1.91 bits per heavy atom. The molecule has 2 atom stereocenters. The Balaban J connectivity index is 1.72. The van der Waals surface area contributed by atoms with Crippen LogP contribution in [0.1, 0.15) is 19.4 Å². The third-order valence-electron chi connectivity index (χ3n) is 3.71. The van der Waals surface area contributed by atoms with E-state index in [9.17, 15) is 4.79 Å². The summed E-state index contributed by atoms with van der Waals surface area (Å²) in [6.45, 7) is 5.61. The molecular weight excluding hydrogens is 312 g/mol. The first-order chi connectivity index (χ1) is 11.0. The number of carbonyl (C=O) groups excluding carboxylic acids is 1. The Hall–Kier alpha value is -1.79. The van der Waals surface area contributed by atoms with E-state index in [0.717, 1.165) is 29.6 Å². The minimum atomic E-state index is -0.174. The number of morpholine rings is 1. The summed E-state index contributed by atoms with van der Waals surface area (Å²) in [5.74, 6) is 0.624. The average Bonchev–Trinajstić information content (AvgIpc) is 2.88. The molecule has 0 radical (unpaired) electrons. The van der Waals surface area contributed by atoms with Crippen molar-refractivity contribution >= 4 is 28.9 Å². The number of amides is 1. The van der Waals surface area contributed by atoms with Crippen molar-refractivity contribution in [1.29, 1.82) is 0 Å². The monoisotopic (exact) mass is 332 g/mol. The van der Waals surface area contributed by atoms with Crippen LogP contribution in [0.2, 0.25) is 0 Å². The van der Waals surface area contributed by atoms with Gasteiger partial charge < -0.3 is 14.4 Å². The number of methoxy groups -OCH3 is 1. The number of benzene rings is 1. The lowest BCUT2D eigenvalue weighted by Gasteiger charge is -2.35. The summed E-state index contributed by atoms with van der Waals surface area (Å²) in [6.07, 6.45) is 2.16. The lowest BCUT2D eigenvalue weighted by Crippen LogP contribution is -2.47. The zero-order valence-corrected chi connectivity index (χ0v) is 14.3. The van der Waals surface area contributed by atoms with Crippen molar-refractivity contribution in [3.8, 4) is 5.75 Å². The number of hydrogen-bond acceptors (Lipinski definition) is 5. The molecule has 1 fully saturated rings. The van der Waals surface area contributed by atoms with Crippen LogP contribution in [0.25, 0.3) is 6.08 Å². The first kappa shape index (κ1) is 16.1. The van der Waals surface area contributed by atoms with Gasteiger partial charge in [0.05, 0.1) is 24.2 Å². The SMILES string of the molecule is COc1ccc(/C=C2\SC(N3CC(C)OC(C)C3)=NC2=O)cc1. The van der Waals surface area contributed by atoms with Crippen molar-refractivity contribution in [2.45, 2.75) is 26.1 Å². The lowest BCUT2D eigenvalue weighted by molar-refractivity contribution is -0.113. The van der Waals surface area contributed by atoms with E-state index in [1.165, 1.54) is 11.8 Å². The van der Waals surface area contributed by atoms with Gasteiger partial charge in [0.2, 0.25) is 0 Å². The fourth-order valence-electron chi connectivity index (χ4n) is 2.72. The van der Waals surface area contributed by atoms with Crippen LogP contribution in [0, 0.1) is 0 Å². The van der Waals surface area contributed by atoms with E-state index in [2.05, 4.69) is 9.89 Å². The number of ether oxygens (including phenoxy) is 2. The predicted molar refractivity (Wildman–Crippen MR) is 92.6 cm³/mol. The molecule has 3 rings (SSSR count). The topological polar surface area (TPSA) is 51.1 Å². The van der Waals surface area contributed by atoms with Crippen molar-refractivity contribution in [2.24, 2.45) is 4.99 Å². The van der Waals surface area contributed by atoms with E-state index in [0.29, 0.717) is 4.91 Å². The van der Waals surface area contributed by atoms with Crippen LogP contribution in [0.15, 0.2) is 34.2 Å². The van der Waals surface area contributed by atoms with E-state index in [1.54, 1.807) is 7.11 Å². The highest BCUT2D eigenvalue weighted by Gasteiger charge is 2.30. The molecule has 5 nitrogen and oxygen atoms in total. The molecule has 0 aliphatic carbocycles. The maximum absolute atomic E-state index is 12.2. The summed E-state index contributed by atoms with van der Waals surface area (Å²) in [4.78, 5) is 19.2. The quantitative estimate of drug-likeness (QED) is 0.780. The van der Waals surface area contributed by atoms with Crippen molar-refractivity contribution in [2.75, 3.05) is 20.2 Å². The van der Waals surface area contributed by atoms with Gasteiger partial charge in [-0.05, 0) is 49.4 Å². The molecule has 1 aromatic carbocycles. The molecule has 0 bridgehead atoms. The number of hydrogen-bond donors (Lipinski definition) is 0.